The van der Waals surface area contributed by atoms with Crippen molar-refractivity contribution in [2.24, 2.45) is 5.73 Å². The smallest absolute Gasteiger partial charge is 0.266 e. The van der Waals surface area contributed by atoms with Crippen molar-refractivity contribution < 1.29 is 65.3 Å². The number of anilines is 3. The van der Waals surface area contributed by atoms with E-state index in [0.717, 1.165) is 11.0 Å². The molecule has 2 fully saturated rings. The molecular formula is C42H51BrFN9O13S. The van der Waals surface area contributed by atoms with Crippen molar-refractivity contribution in [3.8, 4) is 5.75 Å². The summed E-state index contributed by atoms with van der Waals surface area (Å²) < 4.78 is 69.7. The van der Waals surface area contributed by atoms with Crippen LogP contribution in [0.25, 0.3) is 0 Å². The summed E-state index contributed by atoms with van der Waals surface area (Å²) >= 11 is 3.34. The van der Waals surface area contributed by atoms with Crippen LogP contribution in [0.15, 0.2) is 47.1 Å². The summed E-state index contributed by atoms with van der Waals surface area (Å²) in [5.74, 6) is -4.04. The first-order valence-corrected chi connectivity index (χ1v) is 23.8. The number of amides is 6. The predicted octanol–water partition coefficient (Wildman–Crippen LogP) is 1.48. The normalized spacial score (nSPS) is 16.7. The van der Waals surface area contributed by atoms with Crippen molar-refractivity contribution in [2.75, 3.05) is 95.5 Å². The molecule has 0 radical (unpaired) electrons. The van der Waals surface area contributed by atoms with E-state index >= 15 is 0 Å². The number of carbonyl (C=O) groups is 6. The van der Waals surface area contributed by atoms with E-state index in [4.69, 9.17) is 29.4 Å². The zero-order valence-corrected chi connectivity index (χ0v) is 38.7. The molecular weight excluding hydrogens is 969 g/mol. The predicted molar refractivity (Wildman–Crippen MR) is 239 cm³/mol. The van der Waals surface area contributed by atoms with Gasteiger partial charge in [0.25, 0.3) is 17.7 Å². The van der Waals surface area contributed by atoms with Gasteiger partial charge < -0.3 is 45.4 Å². The maximum atomic E-state index is 14.2. The topological polar surface area (TPSA) is 289 Å². The van der Waals surface area contributed by atoms with Gasteiger partial charge in [-0.3, -0.25) is 39.0 Å². The molecule has 362 valence electrons. The van der Waals surface area contributed by atoms with E-state index in [1.165, 1.54) is 28.7 Å². The van der Waals surface area contributed by atoms with Gasteiger partial charge in [0.2, 0.25) is 33.7 Å². The molecule has 0 saturated carbocycles. The Labute approximate surface area is 393 Å². The second kappa shape index (κ2) is 24.4. The van der Waals surface area contributed by atoms with Crippen LogP contribution in [-0.4, -0.2) is 160 Å². The molecule has 6 amide bonds. The number of primary amides is 1. The third-order valence-corrected chi connectivity index (χ3v) is 13.1. The summed E-state index contributed by atoms with van der Waals surface area (Å²) in [6, 6.07) is 7.45. The van der Waals surface area contributed by atoms with Gasteiger partial charge in [-0.25, -0.2) is 22.1 Å². The molecule has 2 aromatic carbocycles. The van der Waals surface area contributed by atoms with Gasteiger partial charge in [-0.05, 0) is 59.5 Å². The third kappa shape index (κ3) is 13.9. The zero-order valence-electron chi connectivity index (χ0n) is 36.3. The van der Waals surface area contributed by atoms with Crippen LogP contribution in [0.1, 0.15) is 63.2 Å². The number of ether oxygens (including phenoxy) is 5. The van der Waals surface area contributed by atoms with E-state index in [1.54, 1.807) is 12.1 Å². The summed E-state index contributed by atoms with van der Waals surface area (Å²) in [5, 5.41) is 10.9. The molecule has 1 atom stereocenters. The van der Waals surface area contributed by atoms with Gasteiger partial charge in [0.05, 0.1) is 85.5 Å². The number of carbonyl (C=O) groups excluding carboxylic acids is 6. The number of nitrogens with zero attached hydrogens (tertiary/aromatic N) is 4. The number of fused-ring (bicyclic) bond motifs is 1. The minimum absolute atomic E-state index is 0.0238. The average molecular weight is 1020 g/mol. The van der Waals surface area contributed by atoms with Gasteiger partial charge in [-0.2, -0.15) is 4.98 Å². The number of hydrogen-bond acceptors (Lipinski definition) is 17. The van der Waals surface area contributed by atoms with Crippen LogP contribution in [0.5, 0.6) is 5.75 Å². The SMILES string of the molecule is NC(=O)c1c(F)cccc1Nc1nc(NC2CCN(S(=O)(=O)CCNC(=O)CCOCCOCCOCCOCCOc3cccc4c3C(=O)N(C3CCC(=O)NC3=O)C4=O)CC2)ncc1Br. The lowest BCUT2D eigenvalue weighted by Crippen LogP contribution is -2.54. The molecule has 2 saturated heterocycles. The number of piperidine rings is 2. The fraction of sp³-hybridized carbons (Fsp3) is 0.476. The van der Waals surface area contributed by atoms with Crippen molar-refractivity contribution in [1.82, 2.24) is 29.8 Å². The molecule has 1 aromatic heterocycles. The van der Waals surface area contributed by atoms with Crippen molar-refractivity contribution >= 4 is 78.8 Å². The van der Waals surface area contributed by atoms with Gasteiger partial charge >= 0.3 is 0 Å². The number of sulfonamides is 1. The van der Waals surface area contributed by atoms with E-state index < -0.39 is 51.4 Å². The molecule has 6 N–H and O–H groups in total. The first kappa shape index (κ1) is 50.7. The van der Waals surface area contributed by atoms with Crippen LogP contribution >= 0.6 is 15.9 Å². The Morgan fingerprint density at radius 2 is 1.54 bits per heavy atom. The molecule has 0 aliphatic carbocycles. The number of nitrogens with two attached hydrogens (primary N) is 1. The summed E-state index contributed by atoms with van der Waals surface area (Å²) in [7, 11) is -3.64. The van der Waals surface area contributed by atoms with Crippen LogP contribution in [0, 0.1) is 5.82 Å². The standard InChI is InChI=1S/C42H51BrFN9O13S/c43-28-25-47-42(51-38(28)49-30-5-2-4-29(44)36(30)37(45)56)48-26-9-13-52(14-10-26)67(60,61)24-12-46-33(54)11-15-62-16-17-63-18-19-64-20-21-65-22-23-66-32-6-1-3-27-35(32)41(59)53(40(27)58)31-7-8-34(55)50-39(31)57/h1-6,25-26,31H,7-24H2,(H2,45,56)(H,46,54)(H,50,55,57)(H2,47,48,49,51). The third-order valence-electron chi connectivity index (χ3n) is 10.6. The second-order valence-electron chi connectivity index (χ2n) is 15.2. The maximum absolute atomic E-state index is 14.2. The van der Waals surface area contributed by atoms with Gasteiger partial charge in [0, 0.05) is 44.7 Å². The molecule has 3 aliphatic rings. The van der Waals surface area contributed by atoms with Crippen molar-refractivity contribution in [3.05, 3.63) is 69.6 Å². The Morgan fingerprint density at radius 3 is 2.21 bits per heavy atom. The van der Waals surface area contributed by atoms with Crippen LogP contribution < -0.4 is 31.7 Å². The molecule has 3 aliphatic heterocycles. The first-order chi connectivity index (χ1) is 32.2. The number of aromatic nitrogens is 2. The van der Waals surface area contributed by atoms with Crippen LogP contribution in [0.2, 0.25) is 0 Å². The van der Waals surface area contributed by atoms with Crippen molar-refractivity contribution in [1.29, 1.82) is 0 Å². The Morgan fingerprint density at radius 1 is 0.881 bits per heavy atom. The highest BCUT2D eigenvalue weighted by atomic mass is 79.9. The highest BCUT2D eigenvalue weighted by molar-refractivity contribution is 9.10. The molecule has 22 nitrogen and oxygen atoms in total. The molecule has 67 heavy (non-hydrogen) atoms. The van der Waals surface area contributed by atoms with Crippen LogP contribution in [0.4, 0.5) is 21.8 Å². The minimum Gasteiger partial charge on any atom is -0.490 e. The highest BCUT2D eigenvalue weighted by Crippen LogP contribution is 2.34. The Bertz CT molecular complexity index is 2410. The van der Waals surface area contributed by atoms with Gasteiger partial charge in [0.15, 0.2) is 0 Å². The van der Waals surface area contributed by atoms with Gasteiger partial charge in [0.1, 0.15) is 30.0 Å². The zero-order chi connectivity index (χ0) is 47.9. The van der Waals surface area contributed by atoms with E-state index in [9.17, 15) is 41.6 Å². The molecule has 4 heterocycles. The summed E-state index contributed by atoms with van der Waals surface area (Å²) in [6.07, 6.45) is 2.55. The lowest BCUT2D eigenvalue weighted by atomic mass is 10.0. The fourth-order valence-electron chi connectivity index (χ4n) is 7.27. The molecule has 0 bridgehead atoms. The first-order valence-electron chi connectivity index (χ1n) is 21.4. The van der Waals surface area contributed by atoms with Gasteiger partial charge in [-0.1, -0.05) is 12.1 Å². The highest BCUT2D eigenvalue weighted by Gasteiger charge is 2.46. The van der Waals surface area contributed by atoms with Crippen molar-refractivity contribution in [2.45, 2.75) is 44.2 Å². The monoisotopic (exact) mass is 1020 g/mol. The lowest BCUT2D eigenvalue weighted by molar-refractivity contribution is -0.136. The summed E-state index contributed by atoms with van der Waals surface area (Å²) in [4.78, 5) is 83.6. The fourth-order valence-corrected chi connectivity index (χ4v) is 8.95. The van der Waals surface area contributed by atoms with Crippen LogP contribution in [-0.2, 0) is 43.4 Å². The second-order valence-corrected chi connectivity index (χ2v) is 18.1. The molecule has 1 unspecified atom stereocenters. The van der Waals surface area contributed by atoms with E-state index in [-0.39, 0.29) is 143 Å². The number of hydrogen-bond donors (Lipinski definition) is 5. The number of benzene rings is 2. The van der Waals surface area contributed by atoms with Crippen LogP contribution in [0.3, 0.4) is 0 Å². The Kier molecular flexibility index (Phi) is 18.4. The number of halogens is 2. The van der Waals surface area contributed by atoms with E-state index in [0.29, 0.717) is 30.5 Å². The minimum atomic E-state index is -3.64. The van der Waals surface area contributed by atoms with Gasteiger partial charge in [-0.15, -0.1) is 0 Å². The molecule has 6 rings (SSSR count). The summed E-state index contributed by atoms with van der Waals surface area (Å²) in [5.41, 5.74) is 5.37. The maximum Gasteiger partial charge on any atom is 0.266 e. The lowest BCUT2D eigenvalue weighted by Gasteiger charge is -2.31. The van der Waals surface area contributed by atoms with Crippen molar-refractivity contribution in [3.63, 3.8) is 0 Å². The average Bonchev–Trinajstić information content (AvgIpc) is 3.54. The van der Waals surface area contributed by atoms with E-state index in [2.05, 4.69) is 47.2 Å². The number of imide groups is 2. The molecule has 3 aromatic rings. The van der Waals surface area contributed by atoms with E-state index in [1.807, 2.05) is 0 Å². The Balaban J connectivity index is 0.749. The largest absolute Gasteiger partial charge is 0.490 e. The number of nitrogens with one attached hydrogen (secondary N) is 4. The Hall–Kier alpha value is -5.70. The summed E-state index contributed by atoms with van der Waals surface area (Å²) in [6.45, 7) is 2.51. The quantitative estimate of drug-likeness (QED) is 0.0562. The number of rotatable bonds is 26. The molecule has 25 heteroatoms. The molecule has 0 spiro atoms.